The second kappa shape index (κ2) is 15.2. The van der Waals surface area contributed by atoms with Gasteiger partial charge in [0.15, 0.2) is 11.6 Å². The highest BCUT2D eigenvalue weighted by molar-refractivity contribution is 6.29. The average molecular weight is 866 g/mol. The highest BCUT2D eigenvalue weighted by Crippen LogP contribution is 2.44. The first-order valence-corrected chi connectivity index (χ1v) is 23.1. The quantitative estimate of drug-likeness (QED) is 0.156. The predicted octanol–water partition coefficient (Wildman–Crippen LogP) is 16.2. The Labute approximate surface area is 391 Å². The highest BCUT2D eigenvalue weighted by atomic mass is 15.2. The van der Waals surface area contributed by atoms with Gasteiger partial charge in [-0.15, -0.1) is 0 Å². The Bertz CT molecular complexity index is 4250. The summed E-state index contributed by atoms with van der Waals surface area (Å²) in [4.78, 5) is 15.4. The number of hydrogen-bond donors (Lipinski definition) is 0. The summed E-state index contributed by atoms with van der Waals surface area (Å²) < 4.78 is 4.64. The number of hydrogen-bond acceptors (Lipinski definition) is 3. The fourth-order valence-electron chi connectivity index (χ4n) is 10.7. The van der Waals surface area contributed by atoms with Crippen LogP contribution in [0.5, 0.6) is 0 Å². The molecule has 14 rings (SSSR count). The zero-order valence-corrected chi connectivity index (χ0v) is 36.8. The molecule has 0 aliphatic heterocycles. The van der Waals surface area contributed by atoms with Crippen LogP contribution in [-0.2, 0) is 0 Å². The molecule has 0 saturated carbocycles. The Balaban J connectivity index is 0.963. The first-order valence-electron chi connectivity index (χ1n) is 23.1. The monoisotopic (exact) mass is 865 g/mol. The zero-order valence-electron chi connectivity index (χ0n) is 36.8. The van der Waals surface area contributed by atoms with Crippen molar-refractivity contribution in [1.29, 1.82) is 0 Å². The van der Waals surface area contributed by atoms with Crippen molar-refractivity contribution in [3.63, 3.8) is 0 Å². The first kappa shape index (κ1) is 38.1. The molecule has 0 N–H and O–H groups in total. The number of fused-ring (bicyclic) bond motifs is 13. The van der Waals surface area contributed by atoms with E-state index < -0.39 is 0 Å². The summed E-state index contributed by atoms with van der Waals surface area (Å²) in [5.41, 5.74) is 12.1. The fourth-order valence-corrected chi connectivity index (χ4v) is 10.7. The van der Waals surface area contributed by atoms with Crippen molar-refractivity contribution in [2.24, 2.45) is 0 Å². The maximum absolute atomic E-state index is 5.21. The van der Waals surface area contributed by atoms with Crippen LogP contribution >= 0.6 is 0 Å². The van der Waals surface area contributed by atoms with Crippen molar-refractivity contribution in [3.05, 3.63) is 237 Å². The van der Waals surface area contributed by atoms with E-state index in [0.29, 0.717) is 17.6 Å². The lowest BCUT2D eigenvalue weighted by Gasteiger charge is -2.14. The SMILES string of the molecule is c1ccc(-c2ccc3c4ccccc4c4cc(-c5cccc(-n6c7ccccc7c7c8c9ccccc9n(-c9nc(-c%10ccccc%10)nc(-c%10ccccc%10)n9)c8ccc76)c5)ccc4c3c2)cc1. The van der Waals surface area contributed by atoms with Gasteiger partial charge >= 0.3 is 0 Å². The Hall–Kier alpha value is -9.19. The number of nitrogens with zero attached hydrogens (tertiary/aromatic N) is 5. The molecule has 0 unspecified atom stereocenters. The van der Waals surface area contributed by atoms with E-state index in [4.69, 9.17) is 15.0 Å². The molecule has 0 bridgehead atoms. The third kappa shape index (κ3) is 5.93. The average Bonchev–Trinajstić information content (AvgIpc) is 3.94. The summed E-state index contributed by atoms with van der Waals surface area (Å²) >= 11 is 0. The Kier molecular flexibility index (Phi) is 8.52. The molecule has 0 radical (unpaired) electrons. The van der Waals surface area contributed by atoms with Crippen molar-refractivity contribution < 1.29 is 0 Å². The Morgan fingerprint density at radius 3 is 1.24 bits per heavy atom. The lowest BCUT2D eigenvalue weighted by Crippen LogP contribution is -2.06. The van der Waals surface area contributed by atoms with Crippen LogP contribution in [0.2, 0.25) is 0 Å². The van der Waals surface area contributed by atoms with Crippen molar-refractivity contribution in [3.8, 4) is 56.7 Å². The molecule has 0 fully saturated rings. The van der Waals surface area contributed by atoms with Gasteiger partial charge in [0.1, 0.15) is 0 Å². The summed E-state index contributed by atoms with van der Waals surface area (Å²) in [6.45, 7) is 0. The molecule has 68 heavy (non-hydrogen) atoms. The summed E-state index contributed by atoms with van der Waals surface area (Å²) in [5.74, 6) is 1.83. The van der Waals surface area contributed by atoms with Gasteiger partial charge in [-0.25, -0.2) is 4.98 Å². The second-order valence-corrected chi connectivity index (χ2v) is 17.6. The Morgan fingerprint density at radius 2 is 0.647 bits per heavy atom. The lowest BCUT2D eigenvalue weighted by atomic mass is 9.90. The van der Waals surface area contributed by atoms with Crippen LogP contribution in [0.4, 0.5) is 0 Å². The van der Waals surface area contributed by atoms with Gasteiger partial charge in [-0.1, -0.05) is 188 Å². The molecule has 0 aliphatic carbocycles. The van der Waals surface area contributed by atoms with Crippen LogP contribution < -0.4 is 0 Å². The Morgan fingerprint density at radius 1 is 0.235 bits per heavy atom. The molecule has 11 aromatic carbocycles. The zero-order chi connectivity index (χ0) is 44.7. The fraction of sp³-hybridized carbons (Fsp3) is 0. The molecule has 0 amide bonds. The highest BCUT2D eigenvalue weighted by Gasteiger charge is 2.23. The van der Waals surface area contributed by atoms with Gasteiger partial charge in [-0.2, -0.15) is 9.97 Å². The van der Waals surface area contributed by atoms with Crippen LogP contribution in [0, 0.1) is 0 Å². The molecule has 5 nitrogen and oxygen atoms in total. The van der Waals surface area contributed by atoms with E-state index in [1.54, 1.807) is 0 Å². The van der Waals surface area contributed by atoms with Gasteiger partial charge in [-0.3, -0.25) is 4.57 Å². The molecular formula is C63H39N5. The maximum atomic E-state index is 5.21. The lowest BCUT2D eigenvalue weighted by molar-refractivity contribution is 0.953. The number of rotatable bonds is 6. The van der Waals surface area contributed by atoms with E-state index in [1.165, 1.54) is 59.8 Å². The van der Waals surface area contributed by atoms with Crippen LogP contribution in [-0.4, -0.2) is 24.1 Å². The number of para-hydroxylation sites is 2. The molecule has 0 saturated heterocycles. The normalized spacial score (nSPS) is 11.8. The van der Waals surface area contributed by atoms with E-state index in [9.17, 15) is 0 Å². The first-order chi connectivity index (χ1) is 33.7. The predicted molar refractivity (Wildman–Crippen MR) is 283 cm³/mol. The van der Waals surface area contributed by atoms with Crippen molar-refractivity contribution in [2.75, 3.05) is 0 Å². The minimum atomic E-state index is 0.576. The van der Waals surface area contributed by atoms with E-state index >= 15 is 0 Å². The maximum Gasteiger partial charge on any atom is 0.238 e. The molecule has 14 aromatic rings. The van der Waals surface area contributed by atoms with Crippen molar-refractivity contribution >= 4 is 75.9 Å². The molecular weight excluding hydrogens is 827 g/mol. The topological polar surface area (TPSA) is 48.5 Å². The van der Waals surface area contributed by atoms with Crippen LogP contribution in [0.3, 0.4) is 0 Å². The summed E-state index contributed by atoms with van der Waals surface area (Å²) in [5, 5.41) is 12.3. The van der Waals surface area contributed by atoms with Crippen LogP contribution in [0.15, 0.2) is 237 Å². The van der Waals surface area contributed by atoms with Gasteiger partial charge in [0.2, 0.25) is 5.95 Å². The second-order valence-electron chi connectivity index (χ2n) is 17.6. The molecule has 316 valence electrons. The van der Waals surface area contributed by atoms with E-state index in [1.807, 2.05) is 36.4 Å². The molecule has 3 aromatic heterocycles. The van der Waals surface area contributed by atoms with E-state index in [2.05, 4.69) is 209 Å². The third-order valence-electron chi connectivity index (χ3n) is 13.7. The summed E-state index contributed by atoms with van der Waals surface area (Å²) in [6.07, 6.45) is 0. The standard InChI is InChI=1S/C63H39N5/c1-4-17-40(18-5-1)44-31-33-49-47-25-10-11-26-48(47)53-39-45(32-34-50(53)54(49)38-44)43-23-16-24-46(37-43)67-55-29-14-12-27-51(55)59-57(67)35-36-58-60(59)52-28-13-15-30-56(52)68(58)63-65-61(41-19-6-2-7-20-41)64-62(66-63)42-21-8-3-9-22-42/h1-39H. The van der Waals surface area contributed by atoms with Crippen molar-refractivity contribution in [1.82, 2.24) is 24.1 Å². The van der Waals surface area contributed by atoms with Gasteiger partial charge in [0.25, 0.3) is 0 Å². The van der Waals surface area contributed by atoms with Gasteiger partial charge < -0.3 is 4.57 Å². The molecule has 0 atom stereocenters. The molecule has 0 spiro atoms. The smallest absolute Gasteiger partial charge is 0.238 e. The minimum absolute atomic E-state index is 0.576. The summed E-state index contributed by atoms with van der Waals surface area (Å²) in [6, 6.07) is 84.7. The van der Waals surface area contributed by atoms with Gasteiger partial charge in [0, 0.05) is 38.4 Å². The van der Waals surface area contributed by atoms with Gasteiger partial charge in [0.05, 0.1) is 22.1 Å². The minimum Gasteiger partial charge on any atom is -0.309 e. The number of benzene rings is 11. The van der Waals surface area contributed by atoms with Gasteiger partial charge in [-0.05, 0) is 103 Å². The molecule has 5 heteroatoms. The number of aromatic nitrogens is 5. The largest absolute Gasteiger partial charge is 0.309 e. The molecule has 3 heterocycles. The summed E-state index contributed by atoms with van der Waals surface area (Å²) in [7, 11) is 0. The van der Waals surface area contributed by atoms with E-state index in [-0.39, 0.29) is 0 Å². The van der Waals surface area contributed by atoms with Crippen LogP contribution in [0.25, 0.3) is 133 Å². The third-order valence-corrected chi connectivity index (χ3v) is 13.7. The van der Waals surface area contributed by atoms with E-state index in [0.717, 1.165) is 55.2 Å². The van der Waals surface area contributed by atoms with Crippen molar-refractivity contribution in [2.45, 2.75) is 0 Å². The van der Waals surface area contributed by atoms with Crippen LogP contribution in [0.1, 0.15) is 0 Å². The molecule has 0 aliphatic rings.